The molecule has 1 aliphatic carbocycles. The van der Waals surface area contributed by atoms with Gasteiger partial charge in [0.2, 0.25) is 5.13 Å². The van der Waals surface area contributed by atoms with Crippen molar-refractivity contribution in [1.82, 2.24) is 30.3 Å². The SMILES string of the molecule is Cn1nc(C2CC2)nc1CNC(=O)Nc1nnc(C2CCOCC2)s1. The zero-order chi connectivity index (χ0) is 17.2. The third-order valence-electron chi connectivity index (χ3n) is 4.45. The Hall–Kier alpha value is -2.07. The zero-order valence-corrected chi connectivity index (χ0v) is 14.9. The predicted molar refractivity (Wildman–Crippen MR) is 91.5 cm³/mol. The van der Waals surface area contributed by atoms with Gasteiger partial charge in [-0.15, -0.1) is 10.2 Å². The number of urea groups is 1. The number of nitrogens with zero attached hydrogens (tertiary/aromatic N) is 5. The normalized spacial score (nSPS) is 18.3. The van der Waals surface area contributed by atoms with Gasteiger partial charge in [0.25, 0.3) is 0 Å². The number of anilines is 1. The lowest BCUT2D eigenvalue weighted by molar-refractivity contribution is 0.0851. The van der Waals surface area contributed by atoms with Crippen LogP contribution in [0.2, 0.25) is 0 Å². The van der Waals surface area contributed by atoms with Gasteiger partial charge >= 0.3 is 6.03 Å². The van der Waals surface area contributed by atoms with Gasteiger partial charge in [0.1, 0.15) is 10.8 Å². The van der Waals surface area contributed by atoms with Crippen LogP contribution in [0, 0.1) is 0 Å². The van der Waals surface area contributed by atoms with Crippen LogP contribution in [0.1, 0.15) is 54.2 Å². The fourth-order valence-electron chi connectivity index (χ4n) is 2.80. The number of hydrogen-bond acceptors (Lipinski definition) is 7. The van der Waals surface area contributed by atoms with E-state index in [1.165, 1.54) is 11.3 Å². The molecule has 2 fully saturated rings. The maximum Gasteiger partial charge on any atom is 0.321 e. The maximum atomic E-state index is 12.1. The maximum absolute atomic E-state index is 12.1. The monoisotopic (exact) mass is 363 g/mol. The molecule has 3 heterocycles. The van der Waals surface area contributed by atoms with Crippen LogP contribution in [0.3, 0.4) is 0 Å². The van der Waals surface area contributed by atoms with Gasteiger partial charge in [-0.25, -0.2) is 9.78 Å². The number of aromatic nitrogens is 5. The minimum atomic E-state index is -0.314. The first kappa shape index (κ1) is 16.4. The first-order chi connectivity index (χ1) is 12.2. The summed E-state index contributed by atoms with van der Waals surface area (Å²) < 4.78 is 7.08. The third-order valence-corrected chi connectivity index (χ3v) is 5.45. The summed E-state index contributed by atoms with van der Waals surface area (Å²) in [6.07, 6.45) is 4.22. The van der Waals surface area contributed by atoms with E-state index in [2.05, 4.69) is 30.9 Å². The summed E-state index contributed by atoms with van der Waals surface area (Å²) in [5.74, 6) is 2.50. The van der Waals surface area contributed by atoms with E-state index < -0.39 is 0 Å². The van der Waals surface area contributed by atoms with Gasteiger partial charge in [-0.1, -0.05) is 11.3 Å². The first-order valence-corrected chi connectivity index (χ1v) is 9.36. The number of hydrogen-bond donors (Lipinski definition) is 2. The Morgan fingerprint density at radius 3 is 2.80 bits per heavy atom. The van der Waals surface area contributed by atoms with Crippen LogP contribution in [0.4, 0.5) is 9.93 Å². The summed E-state index contributed by atoms with van der Waals surface area (Å²) in [4.78, 5) is 16.6. The fourth-order valence-corrected chi connectivity index (χ4v) is 3.71. The van der Waals surface area contributed by atoms with Crippen molar-refractivity contribution in [3.05, 3.63) is 16.7 Å². The Morgan fingerprint density at radius 2 is 2.04 bits per heavy atom. The van der Waals surface area contributed by atoms with Crippen molar-refractivity contribution in [2.75, 3.05) is 18.5 Å². The van der Waals surface area contributed by atoms with Gasteiger partial charge in [0, 0.05) is 32.1 Å². The molecule has 1 saturated heterocycles. The van der Waals surface area contributed by atoms with E-state index in [1.54, 1.807) is 4.68 Å². The van der Waals surface area contributed by atoms with Gasteiger partial charge in [-0.2, -0.15) is 5.10 Å². The summed E-state index contributed by atoms with van der Waals surface area (Å²) in [7, 11) is 1.85. The predicted octanol–water partition coefficient (Wildman–Crippen LogP) is 1.76. The Labute approximate surface area is 149 Å². The van der Waals surface area contributed by atoms with E-state index >= 15 is 0 Å². The summed E-state index contributed by atoms with van der Waals surface area (Å²) in [5, 5.41) is 19.7. The second-order valence-corrected chi connectivity index (χ2v) is 7.43. The molecule has 0 aromatic carbocycles. The summed E-state index contributed by atoms with van der Waals surface area (Å²) in [5.41, 5.74) is 0. The fraction of sp³-hybridized carbons (Fsp3) is 0.667. The smallest absolute Gasteiger partial charge is 0.321 e. The Morgan fingerprint density at radius 1 is 1.24 bits per heavy atom. The minimum absolute atomic E-state index is 0.314. The van der Waals surface area contributed by atoms with Crippen molar-refractivity contribution in [2.45, 2.75) is 44.1 Å². The lowest BCUT2D eigenvalue weighted by atomic mass is 10.0. The quantitative estimate of drug-likeness (QED) is 0.838. The number of ether oxygens (including phenoxy) is 1. The van der Waals surface area contributed by atoms with Crippen molar-refractivity contribution in [3.8, 4) is 0 Å². The standard InChI is InChI=1S/C15H21N7O2S/c1-22-11(17-12(21-22)9-2-3-9)8-16-14(23)18-15-20-19-13(25-15)10-4-6-24-7-5-10/h9-10H,2-8H2,1H3,(H2,16,18,20,23). The highest BCUT2D eigenvalue weighted by Gasteiger charge is 2.28. The molecule has 10 heteroatoms. The Balaban J connectivity index is 1.29. The zero-order valence-electron chi connectivity index (χ0n) is 14.1. The average molecular weight is 363 g/mol. The van der Waals surface area contributed by atoms with Crippen molar-refractivity contribution < 1.29 is 9.53 Å². The van der Waals surface area contributed by atoms with Crippen molar-refractivity contribution in [2.24, 2.45) is 7.05 Å². The molecule has 1 aliphatic heterocycles. The molecule has 0 radical (unpaired) electrons. The van der Waals surface area contributed by atoms with E-state index in [0.29, 0.717) is 23.5 Å². The molecule has 25 heavy (non-hydrogen) atoms. The van der Waals surface area contributed by atoms with Gasteiger partial charge < -0.3 is 10.1 Å². The molecule has 1 saturated carbocycles. The largest absolute Gasteiger partial charge is 0.381 e. The van der Waals surface area contributed by atoms with Crippen LogP contribution in [0.15, 0.2) is 0 Å². The van der Waals surface area contributed by atoms with Crippen molar-refractivity contribution in [1.29, 1.82) is 0 Å². The van der Waals surface area contributed by atoms with Gasteiger partial charge in [0.15, 0.2) is 5.82 Å². The van der Waals surface area contributed by atoms with Crippen LogP contribution in [0.25, 0.3) is 0 Å². The third kappa shape index (κ3) is 3.96. The molecule has 2 aromatic rings. The molecule has 2 N–H and O–H groups in total. The summed E-state index contributed by atoms with van der Waals surface area (Å²) >= 11 is 1.43. The van der Waals surface area contributed by atoms with Crippen LogP contribution in [-0.2, 0) is 18.3 Å². The Kier molecular flexibility index (Phi) is 4.62. The summed E-state index contributed by atoms with van der Waals surface area (Å²) in [6.45, 7) is 1.84. The molecule has 0 spiro atoms. The van der Waals surface area contributed by atoms with Crippen LogP contribution in [0.5, 0.6) is 0 Å². The molecule has 2 aliphatic rings. The second-order valence-electron chi connectivity index (χ2n) is 6.42. The molecular weight excluding hydrogens is 342 g/mol. The van der Waals surface area contributed by atoms with Crippen LogP contribution >= 0.6 is 11.3 Å². The Bertz CT molecular complexity index is 749. The molecule has 0 unspecified atom stereocenters. The number of nitrogens with one attached hydrogen (secondary N) is 2. The minimum Gasteiger partial charge on any atom is -0.381 e. The highest BCUT2D eigenvalue weighted by atomic mass is 32.1. The van der Waals surface area contributed by atoms with E-state index in [-0.39, 0.29) is 6.03 Å². The number of amides is 2. The molecule has 2 aromatic heterocycles. The average Bonchev–Trinajstić information content (AvgIpc) is 3.26. The van der Waals surface area contributed by atoms with E-state index in [9.17, 15) is 4.79 Å². The van der Waals surface area contributed by atoms with Gasteiger partial charge in [-0.05, 0) is 25.7 Å². The highest BCUT2D eigenvalue weighted by Crippen LogP contribution is 2.38. The van der Waals surface area contributed by atoms with Crippen LogP contribution in [-0.4, -0.2) is 44.2 Å². The van der Waals surface area contributed by atoms with Gasteiger partial charge in [-0.3, -0.25) is 10.00 Å². The molecule has 2 amide bonds. The number of rotatable bonds is 5. The van der Waals surface area contributed by atoms with Crippen molar-refractivity contribution >= 4 is 22.5 Å². The van der Waals surface area contributed by atoms with Crippen molar-refractivity contribution in [3.63, 3.8) is 0 Å². The lowest BCUT2D eigenvalue weighted by Gasteiger charge is -2.18. The highest BCUT2D eigenvalue weighted by molar-refractivity contribution is 7.15. The second kappa shape index (κ2) is 7.04. The van der Waals surface area contributed by atoms with Crippen LogP contribution < -0.4 is 10.6 Å². The molecular formula is C15H21N7O2S. The van der Waals surface area contributed by atoms with E-state index in [0.717, 1.165) is 55.6 Å². The topological polar surface area (TPSA) is 107 Å². The number of carbonyl (C=O) groups is 1. The first-order valence-electron chi connectivity index (χ1n) is 8.55. The molecule has 9 nitrogen and oxygen atoms in total. The molecule has 0 bridgehead atoms. The molecule has 134 valence electrons. The van der Waals surface area contributed by atoms with E-state index in [1.807, 2.05) is 7.05 Å². The summed E-state index contributed by atoms with van der Waals surface area (Å²) in [6, 6.07) is -0.314. The van der Waals surface area contributed by atoms with E-state index in [4.69, 9.17) is 4.74 Å². The lowest BCUT2D eigenvalue weighted by Crippen LogP contribution is -2.29. The number of carbonyl (C=O) groups excluding carboxylic acids is 1. The number of aryl methyl sites for hydroxylation is 1. The van der Waals surface area contributed by atoms with Gasteiger partial charge in [0.05, 0.1) is 6.54 Å². The molecule has 4 rings (SSSR count). The molecule has 0 atom stereocenters.